The second-order valence-corrected chi connectivity index (χ2v) is 5.82. The maximum Gasteiger partial charge on any atom is 0.433 e. The van der Waals surface area contributed by atoms with E-state index in [4.69, 9.17) is 9.15 Å². The van der Waals surface area contributed by atoms with Gasteiger partial charge in [-0.15, -0.1) is 0 Å². The molecule has 0 spiro atoms. The molecule has 2 heterocycles. The number of nitro groups is 1. The average Bonchev–Trinajstić information content (AvgIpc) is 3.18. The second-order valence-electron chi connectivity index (χ2n) is 4.81. The average molecular weight is 347 g/mol. The number of furan rings is 1. The highest BCUT2D eigenvalue weighted by Gasteiger charge is 2.17. The molecule has 0 bridgehead atoms. The van der Waals surface area contributed by atoms with E-state index in [9.17, 15) is 14.9 Å². The smallest absolute Gasteiger partial charge is 0.395 e. The lowest BCUT2D eigenvalue weighted by atomic mass is 10.3. The summed E-state index contributed by atoms with van der Waals surface area (Å²) in [5, 5.41) is 10.6. The molecule has 0 saturated heterocycles. The van der Waals surface area contributed by atoms with Gasteiger partial charge in [0.25, 0.3) is 0 Å². The van der Waals surface area contributed by atoms with E-state index in [1.54, 1.807) is 7.11 Å². The fraction of sp³-hybridized carbons (Fsp3) is 0.200. The van der Waals surface area contributed by atoms with Crippen molar-refractivity contribution in [2.24, 2.45) is 4.99 Å². The number of ether oxygens (including phenoxy) is 1. The highest BCUT2D eigenvalue weighted by Crippen LogP contribution is 2.18. The van der Waals surface area contributed by atoms with E-state index in [0.29, 0.717) is 18.0 Å². The van der Waals surface area contributed by atoms with Crippen molar-refractivity contribution in [1.29, 1.82) is 0 Å². The molecule has 0 saturated carbocycles. The van der Waals surface area contributed by atoms with E-state index in [2.05, 4.69) is 4.99 Å². The first-order chi connectivity index (χ1) is 11.6. The Balaban J connectivity index is 2.04. The predicted octanol–water partition coefficient (Wildman–Crippen LogP) is 2.59. The highest BCUT2D eigenvalue weighted by atomic mass is 32.1. The van der Waals surface area contributed by atoms with Crippen LogP contribution in [-0.4, -0.2) is 29.1 Å². The van der Waals surface area contributed by atoms with Gasteiger partial charge in [0.15, 0.2) is 4.80 Å². The monoisotopic (exact) mass is 347 g/mol. The molecule has 0 aliphatic rings. The number of carbonyl (C=O) groups is 1. The number of fused-ring (bicyclic) bond motifs is 1. The van der Waals surface area contributed by atoms with Crippen LogP contribution in [0.2, 0.25) is 0 Å². The molecule has 3 aromatic rings. The minimum atomic E-state index is -0.699. The van der Waals surface area contributed by atoms with Crippen molar-refractivity contribution in [2.75, 3.05) is 13.7 Å². The van der Waals surface area contributed by atoms with Gasteiger partial charge in [-0.2, -0.15) is 4.99 Å². The van der Waals surface area contributed by atoms with Crippen molar-refractivity contribution in [3.05, 3.63) is 57.1 Å². The van der Waals surface area contributed by atoms with Crippen LogP contribution in [0.5, 0.6) is 0 Å². The van der Waals surface area contributed by atoms with Crippen LogP contribution in [0, 0.1) is 10.1 Å². The molecule has 0 radical (unpaired) electrons. The molecule has 0 N–H and O–H groups in total. The van der Waals surface area contributed by atoms with Gasteiger partial charge in [0.2, 0.25) is 5.76 Å². The van der Waals surface area contributed by atoms with Crippen LogP contribution >= 0.6 is 11.3 Å². The van der Waals surface area contributed by atoms with E-state index in [1.165, 1.54) is 17.4 Å². The molecule has 9 heteroatoms. The maximum atomic E-state index is 12.2. The number of aromatic nitrogens is 1. The number of rotatable bonds is 5. The van der Waals surface area contributed by atoms with Gasteiger partial charge in [-0.25, -0.2) is 0 Å². The van der Waals surface area contributed by atoms with Crippen molar-refractivity contribution in [1.82, 2.24) is 4.57 Å². The molecular weight excluding hydrogens is 334 g/mol. The predicted molar refractivity (Wildman–Crippen MR) is 86.9 cm³/mol. The number of para-hydroxylation sites is 1. The third-order valence-corrected chi connectivity index (χ3v) is 4.35. The highest BCUT2D eigenvalue weighted by molar-refractivity contribution is 7.16. The summed E-state index contributed by atoms with van der Waals surface area (Å²) in [7, 11) is 1.60. The SMILES string of the molecule is COCCn1c(=NC(=O)c2ccc([N+](=O)[O-])o2)sc2ccccc21. The molecule has 0 unspecified atom stereocenters. The number of amides is 1. The number of carbonyl (C=O) groups excluding carboxylic acids is 1. The van der Waals surface area contributed by atoms with Gasteiger partial charge < -0.3 is 13.7 Å². The Morgan fingerprint density at radius 2 is 2.17 bits per heavy atom. The first-order valence-corrected chi connectivity index (χ1v) is 7.82. The van der Waals surface area contributed by atoms with Gasteiger partial charge in [-0.05, 0) is 18.2 Å². The van der Waals surface area contributed by atoms with Gasteiger partial charge in [-0.1, -0.05) is 23.5 Å². The number of methoxy groups -OCH3 is 1. The van der Waals surface area contributed by atoms with Crippen molar-refractivity contribution < 1.29 is 18.9 Å². The largest absolute Gasteiger partial charge is 0.433 e. The summed E-state index contributed by atoms with van der Waals surface area (Å²) < 4.78 is 12.9. The lowest BCUT2D eigenvalue weighted by Crippen LogP contribution is -2.19. The van der Waals surface area contributed by atoms with Crippen molar-refractivity contribution in [2.45, 2.75) is 6.54 Å². The Hall–Kier alpha value is -2.78. The van der Waals surface area contributed by atoms with Crippen LogP contribution in [0.25, 0.3) is 10.2 Å². The Morgan fingerprint density at radius 1 is 1.38 bits per heavy atom. The lowest BCUT2D eigenvalue weighted by molar-refractivity contribution is -0.402. The summed E-state index contributed by atoms with van der Waals surface area (Å²) in [5.74, 6) is -1.32. The number of hydrogen-bond acceptors (Lipinski definition) is 6. The van der Waals surface area contributed by atoms with Gasteiger partial charge in [-0.3, -0.25) is 14.9 Å². The number of nitrogens with zero attached hydrogens (tertiary/aromatic N) is 3. The molecule has 0 fully saturated rings. The van der Waals surface area contributed by atoms with Crippen LogP contribution in [0.15, 0.2) is 45.8 Å². The zero-order chi connectivity index (χ0) is 17.1. The molecular formula is C15H13N3O5S. The van der Waals surface area contributed by atoms with E-state index >= 15 is 0 Å². The standard InChI is InChI=1S/C15H13N3O5S/c1-22-9-8-17-10-4-2-3-5-12(10)24-15(17)16-14(19)11-6-7-13(23-11)18(20)21/h2-7H,8-9H2,1H3. The van der Waals surface area contributed by atoms with Crippen LogP contribution in [0.3, 0.4) is 0 Å². The molecule has 1 amide bonds. The van der Waals surface area contributed by atoms with Crippen molar-refractivity contribution in [3.63, 3.8) is 0 Å². The van der Waals surface area contributed by atoms with Crippen LogP contribution in [-0.2, 0) is 11.3 Å². The zero-order valence-corrected chi connectivity index (χ0v) is 13.5. The fourth-order valence-corrected chi connectivity index (χ4v) is 3.24. The molecule has 24 heavy (non-hydrogen) atoms. The third kappa shape index (κ3) is 3.12. The summed E-state index contributed by atoms with van der Waals surface area (Å²) in [5.41, 5.74) is 0.941. The van der Waals surface area contributed by atoms with Crippen molar-refractivity contribution in [3.8, 4) is 0 Å². The Morgan fingerprint density at radius 3 is 2.88 bits per heavy atom. The van der Waals surface area contributed by atoms with E-state index < -0.39 is 16.7 Å². The molecule has 1 aromatic carbocycles. The van der Waals surface area contributed by atoms with E-state index in [1.807, 2.05) is 28.8 Å². The minimum Gasteiger partial charge on any atom is -0.395 e. The van der Waals surface area contributed by atoms with E-state index in [0.717, 1.165) is 16.3 Å². The number of thiazole rings is 1. The summed E-state index contributed by atoms with van der Waals surface area (Å²) in [6.45, 7) is 0.999. The second kappa shape index (κ2) is 6.77. The molecule has 0 aliphatic heterocycles. The molecule has 124 valence electrons. The van der Waals surface area contributed by atoms with Gasteiger partial charge in [0.05, 0.1) is 22.9 Å². The van der Waals surface area contributed by atoms with Crippen molar-refractivity contribution >= 4 is 33.3 Å². The Labute approximate surface area is 139 Å². The quantitative estimate of drug-likeness (QED) is 0.522. The molecule has 0 atom stereocenters. The third-order valence-electron chi connectivity index (χ3n) is 3.29. The minimum absolute atomic E-state index is 0.169. The Kier molecular flexibility index (Phi) is 4.54. The first kappa shape index (κ1) is 16.1. The summed E-state index contributed by atoms with van der Waals surface area (Å²) in [4.78, 5) is 26.7. The molecule has 3 rings (SSSR count). The van der Waals surface area contributed by atoms with Gasteiger partial charge in [0, 0.05) is 13.7 Å². The summed E-state index contributed by atoms with van der Waals surface area (Å²) >= 11 is 1.35. The fourth-order valence-electron chi connectivity index (χ4n) is 2.19. The summed E-state index contributed by atoms with van der Waals surface area (Å²) in [6, 6.07) is 10.1. The Bertz CT molecular complexity index is 969. The van der Waals surface area contributed by atoms with Crippen LogP contribution in [0.4, 0.5) is 5.88 Å². The normalized spacial score (nSPS) is 12.0. The van der Waals surface area contributed by atoms with Crippen LogP contribution < -0.4 is 4.80 Å². The van der Waals surface area contributed by atoms with Crippen LogP contribution in [0.1, 0.15) is 10.6 Å². The first-order valence-electron chi connectivity index (χ1n) is 7.00. The molecule has 2 aromatic heterocycles. The molecule has 0 aliphatic carbocycles. The number of hydrogen-bond donors (Lipinski definition) is 0. The van der Waals surface area contributed by atoms with Gasteiger partial charge in [0.1, 0.15) is 4.92 Å². The maximum absolute atomic E-state index is 12.2. The lowest BCUT2D eigenvalue weighted by Gasteiger charge is -2.03. The number of benzene rings is 1. The van der Waals surface area contributed by atoms with E-state index in [-0.39, 0.29) is 5.76 Å². The van der Waals surface area contributed by atoms with Gasteiger partial charge >= 0.3 is 11.8 Å². The summed E-state index contributed by atoms with van der Waals surface area (Å²) in [6.07, 6.45) is 0. The zero-order valence-electron chi connectivity index (χ0n) is 12.7. The topological polar surface area (TPSA) is 99.9 Å². The molecule has 8 nitrogen and oxygen atoms in total.